The van der Waals surface area contributed by atoms with Gasteiger partial charge in [0, 0.05) is 23.0 Å². The summed E-state index contributed by atoms with van der Waals surface area (Å²) in [6.45, 7) is 8.87. The second kappa shape index (κ2) is 6.18. The molecular formula is C12H19BrN2O. The maximum Gasteiger partial charge on any atom is 0.216 e. The number of aromatic nitrogens is 2. The van der Waals surface area contributed by atoms with Crippen molar-refractivity contribution in [3.63, 3.8) is 0 Å². The molecule has 0 aromatic carbocycles. The van der Waals surface area contributed by atoms with E-state index in [9.17, 15) is 0 Å². The minimum atomic E-state index is 0.441. The molecular weight excluding hydrogens is 268 g/mol. The Morgan fingerprint density at radius 2 is 2.06 bits per heavy atom. The van der Waals surface area contributed by atoms with Gasteiger partial charge in [-0.15, -0.1) is 0 Å². The molecule has 0 fully saturated rings. The molecule has 1 aromatic heterocycles. The summed E-state index contributed by atoms with van der Waals surface area (Å²) < 4.78 is 5.40. The molecule has 0 radical (unpaired) electrons. The van der Waals surface area contributed by atoms with E-state index >= 15 is 0 Å². The van der Waals surface area contributed by atoms with Crippen LogP contribution in [0.2, 0.25) is 0 Å². The highest BCUT2D eigenvalue weighted by atomic mass is 79.9. The van der Waals surface area contributed by atoms with Gasteiger partial charge in [0.05, 0.1) is 6.61 Å². The second-order valence-electron chi connectivity index (χ2n) is 4.14. The fourth-order valence-corrected chi connectivity index (χ4v) is 1.69. The first-order valence-electron chi connectivity index (χ1n) is 5.64. The molecule has 1 rings (SSSR count). The third kappa shape index (κ3) is 4.08. The van der Waals surface area contributed by atoms with Crippen molar-refractivity contribution in [1.29, 1.82) is 0 Å². The normalized spacial score (nSPS) is 12.9. The smallest absolute Gasteiger partial charge is 0.216 e. The van der Waals surface area contributed by atoms with Crippen LogP contribution in [0.3, 0.4) is 0 Å². The van der Waals surface area contributed by atoms with E-state index in [1.807, 2.05) is 19.9 Å². The summed E-state index contributed by atoms with van der Waals surface area (Å²) in [6, 6.07) is 1.92. The minimum absolute atomic E-state index is 0.441. The number of alkyl halides is 1. The molecule has 0 bridgehead atoms. The average molecular weight is 287 g/mol. The standard InChI is InChI=1S/C12H19BrN2O/c1-5-16-12-7-10(14-9(4)15-12)6-11(13)8(2)3/h7-8,11H,5-6H2,1-4H3. The Hall–Kier alpha value is -0.640. The van der Waals surface area contributed by atoms with Gasteiger partial charge in [0.15, 0.2) is 0 Å². The summed E-state index contributed by atoms with van der Waals surface area (Å²) >= 11 is 3.67. The maximum absolute atomic E-state index is 5.40. The summed E-state index contributed by atoms with van der Waals surface area (Å²) in [6.07, 6.45) is 0.904. The SMILES string of the molecule is CCOc1cc(CC(Br)C(C)C)nc(C)n1. The summed E-state index contributed by atoms with van der Waals surface area (Å²) in [5.41, 5.74) is 1.03. The molecule has 1 heterocycles. The van der Waals surface area contributed by atoms with Gasteiger partial charge in [-0.05, 0) is 19.8 Å². The number of rotatable bonds is 5. The molecule has 90 valence electrons. The lowest BCUT2D eigenvalue weighted by Gasteiger charge is -2.13. The average Bonchev–Trinajstić information content (AvgIpc) is 2.16. The topological polar surface area (TPSA) is 35.0 Å². The molecule has 0 spiro atoms. The Morgan fingerprint density at radius 1 is 1.38 bits per heavy atom. The molecule has 0 saturated heterocycles. The minimum Gasteiger partial charge on any atom is -0.478 e. The lowest BCUT2D eigenvalue weighted by atomic mass is 10.1. The van der Waals surface area contributed by atoms with Crippen molar-refractivity contribution in [3.8, 4) is 5.88 Å². The van der Waals surface area contributed by atoms with Gasteiger partial charge in [-0.2, -0.15) is 4.98 Å². The monoisotopic (exact) mass is 286 g/mol. The van der Waals surface area contributed by atoms with Crippen LogP contribution in [-0.4, -0.2) is 21.4 Å². The van der Waals surface area contributed by atoms with Crippen LogP contribution in [-0.2, 0) is 6.42 Å². The van der Waals surface area contributed by atoms with Crippen LogP contribution in [0, 0.1) is 12.8 Å². The first kappa shape index (κ1) is 13.4. The molecule has 1 atom stereocenters. The predicted molar refractivity (Wildman–Crippen MR) is 69.2 cm³/mol. The van der Waals surface area contributed by atoms with Gasteiger partial charge in [0.25, 0.3) is 0 Å². The first-order chi connectivity index (χ1) is 7.52. The molecule has 3 nitrogen and oxygen atoms in total. The van der Waals surface area contributed by atoms with E-state index in [1.165, 1.54) is 0 Å². The number of ether oxygens (including phenoxy) is 1. The molecule has 0 aliphatic rings. The summed E-state index contributed by atoms with van der Waals surface area (Å²) in [7, 11) is 0. The zero-order chi connectivity index (χ0) is 12.1. The van der Waals surface area contributed by atoms with Crippen LogP contribution in [0.25, 0.3) is 0 Å². The zero-order valence-corrected chi connectivity index (χ0v) is 11.9. The highest BCUT2D eigenvalue weighted by Gasteiger charge is 2.12. The van der Waals surface area contributed by atoms with Gasteiger partial charge in [-0.1, -0.05) is 29.8 Å². The fourth-order valence-electron chi connectivity index (χ4n) is 1.36. The Bertz CT molecular complexity index is 342. The van der Waals surface area contributed by atoms with E-state index in [1.54, 1.807) is 0 Å². The van der Waals surface area contributed by atoms with E-state index in [0.717, 1.165) is 17.9 Å². The molecule has 0 aliphatic carbocycles. The third-order valence-corrected chi connectivity index (χ3v) is 3.67. The highest BCUT2D eigenvalue weighted by molar-refractivity contribution is 9.09. The van der Waals surface area contributed by atoms with E-state index < -0.39 is 0 Å². The van der Waals surface area contributed by atoms with Crippen molar-refractivity contribution >= 4 is 15.9 Å². The zero-order valence-electron chi connectivity index (χ0n) is 10.3. The molecule has 0 saturated carbocycles. The van der Waals surface area contributed by atoms with E-state index in [-0.39, 0.29) is 0 Å². The van der Waals surface area contributed by atoms with Gasteiger partial charge < -0.3 is 4.74 Å². The van der Waals surface area contributed by atoms with Crippen molar-refractivity contribution in [2.24, 2.45) is 5.92 Å². The van der Waals surface area contributed by atoms with Crippen molar-refractivity contribution < 1.29 is 4.74 Å². The number of aryl methyl sites for hydroxylation is 1. The van der Waals surface area contributed by atoms with Crippen LogP contribution in [0.5, 0.6) is 5.88 Å². The van der Waals surface area contributed by atoms with E-state index in [0.29, 0.717) is 23.2 Å². The van der Waals surface area contributed by atoms with Gasteiger partial charge in [0.2, 0.25) is 5.88 Å². The van der Waals surface area contributed by atoms with Crippen molar-refractivity contribution in [2.75, 3.05) is 6.61 Å². The number of hydrogen-bond acceptors (Lipinski definition) is 3. The van der Waals surface area contributed by atoms with Crippen molar-refractivity contribution in [1.82, 2.24) is 9.97 Å². The Balaban J connectivity index is 2.79. The Kier molecular flexibility index (Phi) is 5.19. The highest BCUT2D eigenvalue weighted by Crippen LogP contribution is 2.18. The largest absolute Gasteiger partial charge is 0.478 e. The molecule has 0 amide bonds. The van der Waals surface area contributed by atoms with Crippen LogP contribution in [0.4, 0.5) is 0 Å². The van der Waals surface area contributed by atoms with Crippen molar-refractivity contribution in [2.45, 2.75) is 38.9 Å². The van der Waals surface area contributed by atoms with Gasteiger partial charge in [-0.25, -0.2) is 4.98 Å². The summed E-state index contributed by atoms with van der Waals surface area (Å²) in [5.74, 6) is 2.03. The van der Waals surface area contributed by atoms with Crippen molar-refractivity contribution in [3.05, 3.63) is 17.6 Å². The quantitative estimate of drug-likeness (QED) is 0.780. The first-order valence-corrected chi connectivity index (χ1v) is 6.56. The van der Waals surface area contributed by atoms with Gasteiger partial charge >= 0.3 is 0 Å². The summed E-state index contributed by atoms with van der Waals surface area (Å²) in [4.78, 5) is 9.09. The molecule has 0 aliphatic heterocycles. The Morgan fingerprint density at radius 3 is 2.62 bits per heavy atom. The Labute approximate surface area is 106 Å². The molecule has 0 N–H and O–H groups in total. The number of halogens is 1. The lowest BCUT2D eigenvalue weighted by molar-refractivity contribution is 0.324. The molecule has 1 aromatic rings. The van der Waals surface area contributed by atoms with Gasteiger partial charge in [0.1, 0.15) is 5.82 Å². The van der Waals surface area contributed by atoms with Crippen LogP contribution in [0.1, 0.15) is 32.3 Å². The van der Waals surface area contributed by atoms with E-state index in [4.69, 9.17) is 4.74 Å². The third-order valence-electron chi connectivity index (χ3n) is 2.29. The van der Waals surface area contributed by atoms with Gasteiger partial charge in [-0.3, -0.25) is 0 Å². The lowest BCUT2D eigenvalue weighted by Crippen LogP contribution is -2.12. The molecule has 1 unspecified atom stereocenters. The van der Waals surface area contributed by atoms with Crippen LogP contribution >= 0.6 is 15.9 Å². The molecule has 16 heavy (non-hydrogen) atoms. The summed E-state index contributed by atoms with van der Waals surface area (Å²) in [5, 5.41) is 0. The number of nitrogens with zero attached hydrogens (tertiary/aromatic N) is 2. The van der Waals surface area contributed by atoms with Crippen LogP contribution in [0.15, 0.2) is 6.07 Å². The predicted octanol–water partition coefficient (Wildman–Crippen LogP) is 3.15. The van der Waals surface area contributed by atoms with Crippen LogP contribution < -0.4 is 4.74 Å². The molecule has 4 heteroatoms. The van der Waals surface area contributed by atoms with E-state index in [2.05, 4.69) is 39.7 Å². The number of hydrogen-bond donors (Lipinski definition) is 0. The second-order valence-corrected chi connectivity index (χ2v) is 5.32. The maximum atomic E-state index is 5.40. The fraction of sp³-hybridized carbons (Fsp3) is 0.667.